The number of benzene rings is 2. The van der Waals surface area contributed by atoms with Crippen LogP contribution in [0.2, 0.25) is 0 Å². The van der Waals surface area contributed by atoms with Gasteiger partial charge in [0.15, 0.2) is 6.61 Å². The Labute approximate surface area is 153 Å². The van der Waals surface area contributed by atoms with E-state index >= 15 is 0 Å². The van der Waals surface area contributed by atoms with Crippen LogP contribution in [0.5, 0.6) is 5.75 Å². The average molecular weight is 356 g/mol. The largest absolute Gasteiger partial charge is 0.484 e. The van der Waals surface area contributed by atoms with E-state index in [1.54, 1.807) is 19.1 Å². The molecule has 6 nitrogen and oxygen atoms in total. The second-order valence-corrected chi connectivity index (χ2v) is 5.80. The zero-order valence-corrected chi connectivity index (χ0v) is 14.8. The first-order valence-corrected chi connectivity index (χ1v) is 8.51. The molecule has 0 heterocycles. The second-order valence-electron chi connectivity index (χ2n) is 5.80. The predicted molar refractivity (Wildman–Crippen MR) is 98.5 cm³/mol. The number of carbonyl (C=O) groups is 2. The van der Waals surface area contributed by atoms with Gasteiger partial charge < -0.3 is 20.1 Å². The van der Waals surface area contributed by atoms with Crippen molar-refractivity contribution in [2.75, 3.05) is 19.8 Å². The monoisotopic (exact) mass is 356 g/mol. The van der Waals surface area contributed by atoms with Crippen molar-refractivity contribution in [3.8, 4) is 5.75 Å². The summed E-state index contributed by atoms with van der Waals surface area (Å²) in [6.07, 6.45) is 0. The molecule has 0 aromatic heterocycles. The van der Waals surface area contributed by atoms with E-state index in [-0.39, 0.29) is 31.6 Å². The second kappa shape index (κ2) is 10.2. The number of rotatable bonds is 9. The van der Waals surface area contributed by atoms with Crippen LogP contribution in [0.15, 0.2) is 60.7 Å². The minimum atomic E-state index is -0.686. The van der Waals surface area contributed by atoms with Crippen molar-refractivity contribution < 1.29 is 19.4 Å². The number of aliphatic hydroxyl groups is 1. The van der Waals surface area contributed by atoms with Crippen LogP contribution in [0.25, 0.3) is 0 Å². The van der Waals surface area contributed by atoms with E-state index in [1.165, 1.54) is 4.90 Å². The molecule has 0 aliphatic heterocycles. The minimum absolute atomic E-state index is 0.150. The molecular formula is C20H24N2O4. The molecule has 0 fully saturated rings. The Morgan fingerprint density at radius 3 is 2.31 bits per heavy atom. The fourth-order valence-corrected chi connectivity index (χ4v) is 2.43. The Kier molecular flexibility index (Phi) is 7.64. The lowest BCUT2D eigenvalue weighted by atomic mass is 10.1. The molecule has 0 aliphatic carbocycles. The Balaban J connectivity index is 2.07. The van der Waals surface area contributed by atoms with Crippen LogP contribution in [-0.4, -0.2) is 47.6 Å². The van der Waals surface area contributed by atoms with Gasteiger partial charge in [0.2, 0.25) is 5.91 Å². The number of amides is 2. The zero-order chi connectivity index (χ0) is 18.8. The number of hydrogen-bond donors (Lipinski definition) is 2. The lowest BCUT2D eigenvalue weighted by Gasteiger charge is -2.28. The van der Waals surface area contributed by atoms with Gasteiger partial charge in [0.05, 0.1) is 6.61 Å². The summed E-state index contributed by atoms with van der Waals surface area (Å²) in [4.78, 5) is 26.4. The highest BCUT2D eigenvalue weighted by Crippen LogP contribution is 2.12. The van der Waals surface area contributed by atoms with E-state index in [9.17, 15) is 9.59 Å². The Morgan fingerprint density at radius 1 is 1.08 bits per heavy atom. The number of hydrogen-bond acceptors (Lipinski definition) is 4. The summed E-state index contributed by atoms with van der Waals surface area (Å²) in [5.74, 6) is -0.00899. The van der Waals surface area contributed by atoms with Gasteiger partial charge in [-0.3, -0.25) is 9.59 Å². The first kappa shape index (κ1) is 19.5. The fourth-order valence-electron chi connectivity index (χ4n) is 2.43. The van der Waals surface area contributed by atoms with Crippen LogP contribution in [0.4, 0.5) is 0 Å². The number of aliphatic hydroxyl groups excluding tert-OH is 1. The quantitative estimate of drug-likeness (QED) is 0.715. The topological polar surface area (TPSA) is 78.9 Å². The van der Waals surface area contributed by atoms with Gasteiger partial charge in [-0.1, -0.05) is 48.5 Å². The highest BCUT2D eigenvalue weighted by molar-refractivity contribution is 5.87. The van der Waals surface area contributed by atoms with Gasteiger partial charge in [0.25, 0.3) is 5.91 Å². The number of nitrogens with zero attached hydrogens (tertiary/aromatic N) is 1. The van der Waals surface area contributed by atoms with E-state index < -0.39 is 6.04 Å². The summed E-state index contributed by atoms with van der Waals surface area (Å²) in [5.41, 5.74) is 0.919. The molecule has 2 N–H and O–H groups in total. The molecule has 0 bridgehead atoms. The highest BCUT2D eigenvalue weighted by atomic mass is 16.5. The molecule has 0 saturated heterocycles. The van der Waals surface area contributed by atoms with E-state index in [0.717, 1.165) is 5.56 Å². The third-order valence-electron chi connectivity index (χ3n) is 3.88. The molecule has 2 aromatic carbocycles. The summed E-state index contributed by atoms with van der Waals surface area (Å²) in [7, 11) is 0. The summed E-state index contributed by atoms with van der Waals surface area (Å²) in [6.45, 7) is 1.80. The van der Waals surface area contributed by atoms with Gasteiger partial charge in [0, 0.05) is 13.1 Å². The SMILES string of the molecule is C[C@@H](C(=O)NCCO)N(Cc1ccccc1)C(=O)COc1ccccc1. The van der Waals surface area contributed by atoms with Gasteiger partial charge in [-0.05, 0) is 24.6 Å². The third kappa shape index (κ3) is 5.89. The van der Waals surface area contributed by atoms with E-state index in [0.29, 0.717) is 12.3 Å². The van der Waals surface area contributed by atoms with Crippen molar-refractivity contribution >= 4 is 11.8 Å². The summed E-state index contributed by atoms with van der Waals surface area (Å²) in [5, 5.41) is 11.5. The van der Waals surface area contributed by atoms with Crippen LogP contribution in [0.1, 0.15) is 12.5 Å². The predicted octanol–water partition coefficient (Wildman–Crippen LogP) is 1.59. The van der Waals surface area contributed by atoms with Crippen LogP contribution >= 0.6 is 0 Å². The molecule has 2 rings (SSSR count). The van der Waals surface area contributed by atoms with Crippen molar-refractivity contribution in [3.63, 3.8) is 0 Å². The Hall–Kier alpha value is -2.86. The van der Waals surface area contributed by atoms with Crippen LogP contribution in [-0.2, 0) is 16.1 Å². The molecule has 1 atom stereocenters. The van der Waals surface area contributed by atoms with Gasteiger partial charge in [-0.25, -0.2) is 0 Å². The normalized spacial score (nSPS) is 11.5. The number of carbonyl (C=O) groups excluding carboxylic acids is 2. The number of para-hydroxylation sites is 1. The molecule has 0 saturated carbocycles. The lowest BCUT2D eigenvalue weighted by molar-refractivity contribution is -0.142. The molecule has 2 aromatic rings. The van der Waals surface area contributed by atoms with Crippen LogP contribution < -0.4 is 10.1 Å². The Morgan fingerprint density at radius 2 is 1.69 bits per heavy atom. The maximum absolute atomic E-state index is 12.7. The fraction of sp³-hybridized carbons (Fsp3) is 0.300. The van der Waals surface area contributed by atoms with E-state index in [1.807, 2.05) is 48.5 Å². The maximum atomic E-state index is 12.7. The molecule has 26 heavy (non-hydrogen) atoms. The van der Waals surface area contributed by atoms with Crippen LogP contribution in [0, 0.1) is 0 Å². The van der Waals surface area contributed by atoms with E-state index in [2.05, 4.69) is 5.32 Å². The highest BCUT2D eigenvalue weighted by Gasteiger charge is 2.26. The third-order valence-corrected chi connectivity index (χ3v) is 3.88. The maximum Gasteiger partial charge on any atom is 0.261 e. The van der Waals surface area contributed by atoms with Crippen molar-refractivity contribution in [1.82, 2.24) is 10.2 Å². The molecule has 138 valence electrons. The molecule has 0 aliphatic rings. The first-order chi connectivity index (χ1) is 12.6. The van der Waals surface area contributed by atoms with Gasteiger partial charge in [-0.15, -0.1) is 0 Å². The molecular weight excluding hydrogens is 332 g/mol. The summed E-state index contributed by atoms with van der Waals surface area (Å²) in [6, 6.07) is 17.8. The summed E-state index contributed by atoms with van der Waals surface area (Å²) < 4.78 is 5.53. The van der Waals surface area contributed by atoms with E-state index in [4.69, 9.17) is 9.84 Å². The van der Waals surface area contributed by atoms with Crippen LogP contribution in [0.3, 0.4) is 0 Å². The summed E-state index contributed by atoms with van der Waals surface area (Å²) >= 11 is 0. The van der Waals surface area contributed by atoms with Gasteiger partial charge >= 0.3 is 0 Å². The molecule has 0 unspecified atom stereocenters. The van der Waals surface area contributed by atoms with Crippen molar-refractivity contribution in [2.24, 2.45) is 0 Å². The van der Waals surface area contributed by atoms with Crippen molar-refractivity contribution in [3.05, 3.63) is 66.2 Å². The smallest absolute Gasteiger partial charge is 0.261 e. The van der Waals surface area contributed by atoms with Crippen molar-refractivity contribution in [2.45, 2.75) is 19.5 Å². The van der Waals surface area contributed by atoms with Gasteiger partial charge in [-0.2, -0.15) is 0 Å². The van der Waals surface area contributed by atoms with Gasteiger partial charge in [0.1, 0.15) is 11.8 Å². The Bertz CT molecular complexity index is 691. The zero-order valence-electron chi connectivity index (χ0n) is 14.8. The standard InChI is InChI=1S/C20H24N2O4/c1-16(20(25)21-12-13-23)22(14-17-8-4-2-5-9-17)19(24)15-26-18-10-6-3-7-11-18/h2-11,16,23H,12-15H2,1H3,(H,21,25)/t16-/m0/s1. The number of nitrogens with one attached hydrogen (secondary N) is 1. The average Bonchev–Trinajstić information content (AvgIpc) is 2.69. The molecule has 6 heteroatoms. The minimum Gasteiger partial charge on any atom is -0.484 e. The molecule has 0 radical (unpaired) electrons. The molecule has 2 amide bonds. The lowest BCUT2D eigenvalue weighted by Crippen LogP contribution is -2.49. The van der Waals surface area contributed by atoms with Crippen molar-refractivity contribution in [1.29, 1.82) is 0 Å². The number of ether oxygens (including phenoxy) is 1. The first-order valence-electron chi connectivity index (χ1n) is 8.51. The molecule has 0 spiro atoms.